The van der Waals surface area contributed by atoms with Crippen LogP contribution in [0.1, 0.15) is 27.2 Å². The van der Waals surface area contributed by atoms with E-state index in [0.29, 0.717) is 47.0 Å². The average molecular weight is 501 g/mol. The van der Waals surface area contributed by atoms with Crippen molar-refractivity contribution in [3.8, 4) is 0 Å². The molecule has 1 saturated heterocycles. The third-order valence-corrected chi connectivity index (χ3v) is 6.84. The Morgan fingerprint density at radius 3 is 2.91 bits per heavy atom. The number of likely N-dealkylation sites (tertiary alicyclic amines) is 1. The van der Waals surface area contributed by atoms with Crippen LogP contribution in [0.4, 0.5) is 17.5 Å². The van der Waals surface area contributed by atoms with Crippen molar-refractivity contribution < 1.29 is 4.79 Å². The molecule has 3 N–H and O–H groups in total. The molecule has 0 radical (unpaired) electrons. The number of hydrogen-bond donors (Lipinski definition) is 3. The summed E-state index contributed by atoms with van der Waals surface area (Å²) in [5.74, 6) is 1.22. The zero-order valence-corrected chi connectivity index (χ0v) is 21.2. The second-order valence-electron chi connectivity index (χ2n) is 8.78. The average Bonchev–Trinajstić information content (AvgIpc) is 3.46. The number of amides is 1. The first-order valence-electron chi connectivity index (χ1n) is 12.0. The third kappa shape index (κ3) is 5.73. The van der Waals surface area contributed by atoms with Gasteiger partial charge in [-0.3, -0.25) is 14.6 Å². The number of hydrogen-bond acceptors (Lipinski definition) is 8. The molecular formula is C23H33ClN10O. The fourth-order valence-electron chi connectivity index (χ4n) is 4.28. The number of carbonyl (C=O) groups excluding carboxylic acids is 1. The standard InChI is InChI=1S/C23H33ClN10O/c1-5-18(35)33-9-8-15(4)17(14-33)27-21-19-20(24)30-31-22(19)29-23(28-21)26-16-12-25-34(13-16)11-10-32(6-2)7-3/h5,12-13,15,17H,1,6-11,14H2,2-4H3,(H3,26,27,28,29,30,31)/t15-,17+/m1/s1. The van der Waals surface area contributed by atoms with Gasteiger partial charge >= 0.3 is 0 Å². The maximum Gasteiger partial charge on any atom is 0.246 e. The van der Waals surface area contributed by atoms with Crippen molar-refractivity contribution in [2.45, 2.75) is 39.8 Å². The number of aromatic nitrogens is 6. The number of nitrogens with one attached hydrogen (secondary N) is 3. The maximum absolute atomic E-state index is 12.2. The zero-order chi connectivity index (χ0) is 24.9. The lowest BCUT2D eigenvalue weighted by molar-refractivity contribution is -0.127. The summed E-state index contributed by atoms with van der Waals surface area (Å²) in [5, 5.41) is 19.1. The van der Waals surface area contributed by atoms with E-state index in [1.807, 2.05) is 10.9 Å². The Kier molecular flexibility index (Phi) is 7.86. The molecule has 11 nitrogen and oxygen atoms in total. The smallest absolute Gasteiger partial charge is 0.246 e. The maximum atomic E-state index is 12.2. The van der Waals surface area contributed by atoms with Crippen molar-refractivity contribution in [2.24, 2.45) is 5.92 Å². The van der Waals surface area contributed by atoms with Crippen LogP contribution < -0.4 is 10.6 Å². The highest BCUT2D eigenvalue weighted by Crippen LogP contribution is 2.30. The number of aromatic amines is 1. The molecule has 3 aromatic rings. The van der Waals surface area contributed by atoms with Crippen molar-refractivity contribution in [1.29, 1.82) is 0 Å². The van der Waals surface area contributed by atoms with E-state index in [1.54, 1.807) is 11.1 Å². The van der Waals surface area contributed by atoms with E-state index in [4.69, 9.17) is 16.6 Å². The predicted molar refractivity (Wildman–Crippen MR) is 138 cm³/mol. The minimum atomic E-state index is -0.0711. The SMILES string of the molecule is C=CC(=O)N1CC[C@@H](C)[C@@H](Nc2nc(Nc3cnn(CCN(CC)CC)c3)nc3[nH]nc(Cl)c23)C1. The fourth-order valence-corrected chi connectivity index (χ4v) is 4.50. The first kappa shape index (κ1) is 24.9. The van der Waals surface area contributed by atoms with Gasteiger partial charge in [-0.25, -0.2) is 0 Å². The van der Waals surface area contributed by atoms with E-state index in [2.05, 4.69) is 63.2 Å². The zero-order valence-electron chi connectivity index (χ0n) is 20.5. The van der Waals surface area contributed by atoms with Gasteiger partial charge in [-0.05, 0) is 31.5 Å². The van der Waals surface area contributed by atoms with Crippen molar-refractivity contribution in [2.75, 3.05) is 43.4 Å². The van der Waals surface area contributed by atoms with Crippen LogP contribution in [0, 0.1) is 5.92 Å². The summed E-state index contributed by atoms with van der Waals surface area (Å²) in [5.41, 5.74) is 1.31. The Hall–Kier alpha value is -3.18. The molecule has 4 rings (SSSR count). The largest absolute Gasteiger partial charge is 0.364 e. The van der Waals surface area contributed by atoms with Crippen LogP contribution in [0.3, 0.4) is 0 Å². The number of nitrogens with zero attached hydrogens (tertiary/aromatic N) is 7. The van der Waals surface area contributed by atoms with Crippen LogP contribution >= 0.6 is 11.6 Å². The molecule has 1 aliphatic rings. The molecule has 12 heteroatoms. The number of likely N-dealkylation sites (N-methyl/N-ethyl adjacent to an activating group) is 1. The Labute approximate surface area is 209 Å². The summed E-state index contributed by atoms with van der Waals surface area (Å²) in [7, 11) is 0. The van der Waals surface area contributed by atoms with Gasteiger partial charge in [0.2, 0.25) is 11.9 Å². The summed E-state index contributed by atoms with van der Waals surface area (Å²) in [6.07, 6.45) is 5.92. The van der Waals surface area contributed by atoms with E-state index in [1.165, 1.54) is 6.08 Å². The second kappa shape index (κ2) is 11.0. The fraction of sp³-hybridized carbons (Fsp3) is 0.522. The van der Waals surface area contributed by atoms with Gasteiger partial charge in [-0.1, -0.05) is 39.0 Å². The molecule has 1 aliphatic heterocycles. The number of anilines is 3. The third-order valence-electron chi connectivity index (χ3n) is 6.57. The van der Waals surface area contributed by atoms with Crippen LogP contribution in [0.15, 0.2) is 25.0 Å². The topological polar surface area (TPSA) is 120 Å². The van der Waals surface area contributed by atoms with Gasteiger partial charge < -0.3 is 20.4 Å². The van der Waals surface area contributed by atoms with Crippen LogP contribution in [-0.2, 0) is 11.3 Å². The molecule has 1 fully saturated rings. The van der Waals surface area contributed by atoms with Crippen molar-refractivity contribution in [1.82, 2.24) is 39.7 Å². The molecular weight excluding hydrogens is 468 g/mol. The number of rotatable bonds is 10. The summed E-state index contributed by atoms with van der Waals surface area (Å²) in [4.78, 5) is 25.6. The molecule has 2 atom stereocenters. The molecule has 0 aromatic carbocycles. The lowest BCUT2D eigenvalue weighted by Crippen LogP contribution is -2.48. The van der Waals surface area contributed by atoms with E-state index >= 15 is 0 Å². The van der Waals surface area contributed by atoms with Gasteiger partial charge in [0, 0.05) is 31.9 Å². The highest BCUT2D eigenvalue weighted by atomic mass is 35.5. The van der Waals surface area contributed by atoms with Gasteiger partial charge in [0.05, 0.1) is 18.4 Å². The van der Waals surface area contributed by atoms with Gasteiger partial charge in [-0.2, -0.15) is 20.2 Å². The van der Waals surface area contributed by atoms with Crippen molar-refractivity contribution in [3.63, 3.8) is 0 Å². The summed E-state index contributed by atoms with van der Waals surface area (Å²) >= 11 is 6.36. The number of fused-ring (bicyclic) bond motifs is 1. The number of piperidine rings is 1. The summed E-state index contributed by atoms with van der Waals surface area (Å²) in [6.45, 7) is 15.1. The molecule has 1 amide bonds. The van der Waals surface area contributed by atoms with E-state index < -0.39 is 0 Å². The normalized spacial score (nSPS) is 18.3. The second-order valence-corrected chi connectivity index (χ2v) is 9.14. The number of H-pyrrole nitrogens is 1. The van der Waals surface area contributed by atoms with E-state index in [-0.39, 0.29) is 11.9 Å². The molecule has 35 heavy (non-hydrogen) atoms. The lowest BCUT2D eigenvalue weighted by atomic mass is 9.93. The molecule has 0 aliphatic carbocycles. The summed E-state index contributed by atoms with van der Waals surface area (Å²) in [6, 6.07) is -0.00704. The van der Waals surface area contributed by atoms with Gasteiger partial charge in [-0.15, -0.1) is 0 Å². The molecule has 0 unspecified atom stereocenters. The lowest BCUT2D eigenvalue weighted by Gasteiger charge is -2.37. The summed E-state index contributed by atoms with van der Waals surface area (Å²) < 4.78 is 1.90. The Bertz CT molecular complexity index is 1170. The molecule has 0 bridgehead atoms. The Morgan fingerprint density at radius 2 is 2.17 bits per heavy atom. The van der Waals surface area contributed by atoms with Gasteiger partial charge in [0.25, 0.3) is 0 Å². The number of halogens is 1. The predicted octanol–water partition coefficient (Wildman–Crippen LogP) is 3.12. The molecule has 188 valence electrons. The Balaban J connectivity index is 1.53. The highest BCUT2D eigenvalue weighted by molar-refractivity contribution is 6.35. The van der Waals surface area contributed by atoms with Crippen LogP contribution in [-0.4, -0.2) is 84.4 Å². The van der Waals surface area contributed by atoms with E-state index in [9.17, 15) is 4.79 Å². The molecule has 3 aromatic heterocycles. The Morgan fingerprint density at radius 1 is 1.37 bits per heavy atom. The highest BCUT2D eigenvalue weighted by Gasteiger charge is 2.29. The molecule has 0 spiro atoms. The molecule has 4 heterocycles. The van der Waals surface area contributed by atoms with Crippen LogP contribution in [0.2, 0.25) is 5.15 Å². The van der Waals surface area contributed by atoms with Crippen LogP contribution in [0.25, 0.3) is 11.0 Å². The van der Waals surface area contributed by atoms with Gasteiger partial charge in [0.15, 0.2) is 10.8 Å². The number of carbonyl (C=O) groups is 1. The minimum Gasteiger partial charge on any atom is -0.364 e. The monoisotopic (exact) mass is 500 g/mol. The van der Waals surface area contributed by atoms with E-state index in [0.717, 1.165) is 38.3 Å². The first-order chi connectivity index (χ1) is 16.9. The molecule has 0 saturated carbocycles. The van der Waals surface area contributed by atoms with Crippen molar-refractivity contribution >= 4 is 46.0 Å². The van der Waals surface area contributed by atoms with Crippen molar-refractivity contribution in [3.05, 3.63) is 30.2 Å². The van der Waals surface area contributed by atoms with Crippen LogP contribution in [0.5, 0.6) is 0 Å². The first-order valence-corrected chi connectivity index (χ1v) is 12.4. The van der Waals surface area contributed by atoms with Gasteiger partial charge in [0.1, 0.15) is 11.2 Å². The quantitative estimate of drug-likeness (QED) is 0.363. The minimum absolute atomic E-state index is 0.00704.